The van der Waals surface area contributed by atoms with Gasteiger partial charge in [-0.1, -0.05) is 0 Å². The van der Waals surface area contributed by atoms with Crippen molar-refractivity contribution in [2.24, 2.45) is 5.92 Å². The fraction of sp³-hybridized carbons (Fsp3) is 0.529. The minimum atomic E-state index is -3.20. The van der Waals surface area contributed by atoms with Gasteiger partial charge in [-0.2, -0.15) is 0 Å². The summed E-state index contributed by atoms with van der Waals surface area (Å²) in [6.45, 7) is 4.01. The molecule has 26 heavy (non-hydrogen) atoms. The van der Waals surface area contributed by atoms with Crippen molar-refractivity contribution in [2.75, 3.05) is 29.5 Å². The quantitative estimate of drug-likeness (QED) is 0.820. The molecule has 2 heterocycles. The van der Waals surface area contributed by atoms with E-state index in [0.717, 1.165) is 0 Å². The molecule has 2 N–H and O–H groups in total. The molecule has 3 rings (SSSR count). The van der Waals surface area contributed by atoms with Gasteiger partial charge >= 0.3 is 0 Å². The first-order valence-corrected chi connectivity index (χ1v) is 10.3. The molecule has 2 aliphatic rings. The van der Waals surface area contributed by atoms with E-state index in [2.05, 4.69) is 10.6 Å². The first-order valence-electron chi connectivity index (χ1n) is 8.70. The Morgan fingerprint density at radius 1 is 1.35 bits per heavy atom. The Morgan fingerprint density at radius 2 is 2.04 bits per heavy atom. The number of carbonyl (C=O) groups is 2. The lowest BCUT2D eigenvalue weighted by atomic mass is 9.97. The molecule has 0 unspecified atom stereocenters. The average Bonchev–Trinajstić information content (AvgIpc) is 2.63. The van der Waals surface area contributed by atoms with Crippen molar-refractivity contribution in [1.29, 1.82) is 0 Å². The summed E-state index contributed by atoms with van der Waals surface area (Å²) in [5.41, 5.74) is 1.09. The van der Waals surface area contributed by atoms with Crippen LogP contribution in [-0.4, -0.2) is 49.5 Å². The Labute approximate surface area is 152 Å². The smallest absolute Gasteiger partial charge is 0.265 e. The molecule has 0 spiro atoms. The third-order valence-corrected chi connectivity index (χ3v) is 6.64. The maximum absolute atomic E-state index is 12.5. The lowest BCUT2D eigenvalue weighted by Crippen LogP contribution is -2.42. The first kappa shape index (κ1) is 18.7. The normalized spacial score (nSPS) is 21.5. The molecule has 142 valence electrons. The third-order valence-electron chi connectivity index (χ3n) is 4.76. The molecular formula is C17H23N3O5S. The predicted octanol–water partition coefficient (Wildman–Crippen LogP) is 1.41. The summed E-state index contributed by atoms with van der Waals surface area (Å²) in [6.07, 6.45) is 0.438. The molecule has 1 aromatic rings. The zero-order valence-electron chi connectivity index (χ0n) is 14.8. The van der Waals surface area contributed by atoms with Gasteiger partial charge in [0.25, 0.3) is 5.91 Å². The van der Waals surface area contributed by atoms with Gasteiger partial charge in [-0.25, -0.2) is 12.7 Å². The standard InChI is InChI=1S/C17H23N3O5S/c1-3-26(23,24)20-8-6-12(7-9-20)17(22)18-13-4-5-15-14(10-13)19-16(21)11(2)25-15/h4-5,10-12H,3,6-9H2,1-2H3,(H,18,22)(H,19,21)/t11-/m0/s1. The summed E-state index contributed by atoms with van der Waals surface area (Å²) in [6, 6.07) is 5.09. The number of anilines is 2. The van der Waals surface area contributed by atoms with Crippen molar-refractivity contribution >= 4 is 33.2 Å². The van der Waals surface area contributed by atoms with E-state index in [0.29, 0.717) is 43.1 Å². The summed E-state index contributed by atoms with van der Waals surface area (Å²) in [7, 11) is -3.20. The summed E-state index contributed by atoms with van der Waals surface area (Å²) >= 11 is 0. The number of fused-ring (bicyclic) bond motifs is 1. The predicted molar refractivity (Wildman–Crippen MR) is 97.5 cm³/mol. The van der Waals surface area contributed by atoms with Gasteiger partial charge in [0.1, 0.15) is 5.75 Å². The minimum absolute atomic E-state index is 0.0748. The monoisotopic (exact) mass is 381 g/mol. The van der Waals surface area contributed by atoms with E-state index in [1.54, 1.807) is 32.0 Å². The first-order chi connectivity index (χ1) is 12.3. The molecule has 8 nitrogen and oxygen atoms in total. The highest BCUT2D eigenvalue weighted by atomic mass is 32.2. The number of hydrogen-bond acceptors (Lipinski definition) is 5. The van der Waals surface area contributed by atoms with Gasteiger partial charge in [-0.3, -0.25) is 9.59 Å². The van der Waals surface area contributed by atoms with E-state index >= 15 is 0 Å². The molecule has 0 saturated carbocycles. The zero-order valence-corrected chi connectivity index (χ0v) is 15.6. The second kappa shape index (κ2) is 7.24. The van der Waals surface area contributed by atoms with Gasteiger partial charge in [0.05, 0.1) is 11.4 Å². The van der Waals surface area contributed by atoms with Gasteiger partial charge in [0, 0.05) is 24.7 Å². The van der Waals surface area contributed by atoms with Gasteiger partial charge in [0.2, 0.25) is 15.9 Å². The van der Waals surface area contributed by atoms with Crippen LogP contribution in [0.1, 0.15) is 26.7 Å². The Hall–Kier alpha value is -2.13. The van der Waals surface area contributed by atoms with E-state index < -0.39 is 16.1 Å². The van der Waals surface area contributed by atoms with Crippen LogP contribution >= 0.6 is 0 Å². The number of nitrogens with zero attached hydrogens (tertiary/aromatic N) is 1. The molecule has 2 amide bonds. The van der Waals surface area contributed by atoms with Crippen LogP contribution in [0.2, 0.25) is 0 Å². The molecule has 0 radical (unpaired) electrons. The molecule has 1 fully saturated rings. The van der Waals surface area contributed by atoms with Crippen molar-refractivity contribution in [2.45, 2.75) is 32.8 Å². The molecule has 0 aliphatic carbocycles. The van der Waals surface area contributed by atoms with E-state index in [-0.39, 0.29) is 23.5 Å². The van der Waals surface area contributed by atoms with E-state index in [1.165, 1.54) is 4.31 Å². The minimum Gasteiger partial charge on any atom is -0.479 e. The largest absolute Gasteiger partial charge is 0.479 e. The molecule has 0 aromatic heterocycles. The van der Waals surface area contributed by atoms with Crippen molar-refractivity contribution in [3.63, 3.8) is 0 Å². The lowest BCUT2D eigenvalue weighted by molar-refractivity contribution is -0.122. The molecule has 1 atom stereocenters. The second-order valence-electron chi connectivity index (χ2n) is 6.52. The number of sulfonamides is 1. The highest BCUT2D eigenvalue weighted by Crippen LogP contribution is 2.32. The van der Waals surface area contributed by atoms with Crippen molar-refractivity contribution < 1.29 is 22.7 Å². The van der Waals surface area contributed by atoms with Crippen LogP contribution in [0.15, 0.2) is 18.2 Å². The van der Waals surface area contributed by atoms with E-state index in [1.807, 2.05) is 0 Å². The van der Waals surface area contributed by atoms with Gasteiger partial charge in [0.15, 0.2) is 6.10 Å². The topological polar surface area (TPSA) is 105 Å². The molecule has 0 bridgehead atoms. The fourth-order valence-electron chi connectivity index (χ4n) is 3.11. The van der Waals surface area contributed by atoms with Crippen molar-refractivity contribution in [3.05, 3.63) is 18.2 Å². The fourth-order valence-corrected chi connectivity index (χ4v) is 4.24. The Kier molecular flexibility index (Phi) is 5.19. The Morgan fingerprint density at radius 3 is 2.69 bits per heavy atom. The third kappa shape index (κ3) is 3.83. The second-order valence-corrected chi connectivity index (χ2v) is 8.78. The molecule has 9 heteroatoms. The number of hydrogen-bond donors (Lipinski definition) is 2. The number of ether oxygens (including phenoxy) is 1. The Balaban J connectivity index is 1.61. The van der Waals surface area contributed by atoms with Crippen LogP contribution in [-0.2, 0) is 19.6 Å². The van der Waals surface area contributed by atoms with Crippen LogP contribution in [0.25, 0.3) is 0 Å². The summed E-state index contributed by atoms with van der Waals surface area (Å²) < 4.78 is 30.7. The number of nitrogens with one attached hydrogen (secondary N) is 2. The van der Waals surface area contributed by atoms with Crippen molar-refractivity contribution in [3.8, 4) is 5.75 Å². The van der Waals surface area contributed by atoms with Crippen LogP contribution in [0.4, 0.5) is 11.4 Å². The van der Waals surface area contributed by atoms with Crippen LogP contribution in [0.3, 0.4) is 0 Å². The zero-order chi connectivity index (χ0) is 18.9. The number of carbonyl (C=O) groups excluding carboxylic acids is 2. The number of amides is 2. The van der Waals surface area contributed by atoms with Gasteiger partial charge in [-0.05, 0) is 44.9 Å². The highest BCUT2D eigenvalue weighted by molar-refractivity contribution is 7.89. The van der Waals surface area contributed by atoms with Crippen molar-refractivity contribution in [1.82, 2.24) is 4.31 Å². The summed E-state index contributed by atoms with van der Waals surface area (Å²) in [5, 5.41) is 5.58. The van der Waals surface area contributed by atoms with Gasteiger partial charge < -0.3 is 15.4 Å². The molecule has 2 aliphatic heterocycles. The SMILES string of the molecule is CCS(=O)(=O)N1CCC(C(=O)Nc2ccc3c(c2)NC(=O)[C@H](C)O3)CC1. The van der Waals surface area contributed by atoms with E-state index in [9.17, 15) is 18.0 Å². The average molecular weight is 381 g/mol. The summed E-state index contributed by atoms with van der Waals surface area (Å²) in [4.78, 5) is 24.2. The van der Waals surface area contributed by atoms with E-state index in [4.69, 9.17) is 4.74 Å². The number of rotatable bonds is 4. The van der Waals surface area contributed by atoms with Crippen LogP contribution in [0.5, 0.6) is 5.75 Å². The molecule has 1 saturated heterocycles. The number of piperidine rings is 1. The molecule has 1 aromatic carbocycles. The van der Waals surface area contributed by atoms with Crippen LogP contribution in [0, 0.1) is 5.92 Å². The Bertz CT molecular complexity index is 816. The summed E-state index contributed by atoms with van der Waals surface area (Å²) in [5.74, 6) is 0.0274. The van der Waals surface area contributed by atoms with Crippen LogP contribution < -0.4 is 15.4 Å². The maximum Gasteiger partial charge on any atom is 0.265 e. The number of benzene rings is 1. The van der Waals surface area contributed by atoms with Gasteiger partial charge in [-0.15, -0.1) is 0 Å². The highest BCUT2D eigenvalue weighted by Gasteiger charge is 2.30. The maximum atomic E-state index is 12.5. The lowest BCUT2D eigenvalue weighted by Gasteiger charge is -2.30. The molecular weight excluding hydrogens is 358 g/mol.